The Kier molecular flexibility index (Phi) is 55.6. The van der Waals surface area contributed by atoms with Crippen LogP contribution in [0.4, 0.5) is 0 Å². The van der Waals surface area contributed by atoms with Gasteiger partial charge in [0.05, 0.1) is 0 Å². The number of rotatable bonds is 59. The molecule has 0 fully saturated rings. The van der Waals surface area contributed by atoms with E-state index in [1.807, 2.05) is 39.9 Å². The highest BCUT2D eigenvalue weighted by Gasteiger charge is 2.49. The first-order chi connectivity index (χ1) is 46.7. The summed E-state index contributed by atoms with van der Waals surface area (Å²) in [5.74, 6) is 0. The molecule has 0 saturated heterocycles. The molecule has 4 atom stereocenters. The van der Waals surface area contributed by atoms with Crippen LogP contribution in [0.25, 0.3) is 0 Å². The third kappa shape index (κ3) is 62.3. The molecule has 0 saturated carbocycles. The monoisotopic (exact) mass is 1720 g/mol. The molecule has 612 valence electrons. The maximum Gasteiger partial charge on any atom is 0.316 e. The van der Waals surface area contributed by atoms with Crippen molar-refractivity contribution in [2.45, 2.75) is 396 Å². The first-order valence-corrected chi connectivity index (χ1v) is 86.2. The minimum Gasteiger partial charge on any atom is -0.437 e. The molecule has 0 radical (unpaired) electrons. The summed E-state index contributed by atoms with van der Waals surface area (Å²) in [6.07, 6.45) is 31.3. The zero-order valence-electron chi connectivity index (χ0n) is 74.7. The van der Waals surface area contributed by atoms with Gasteiger partial charge < -0.3 is 49.4 Å². The van der Waals surface area contributed by atoms with Crippen LogP contribution < -0.4 is 0 Å². The van der Waals surface area contributed by atoms with E-state index in [1.165, 1.54) is 141 Å². The summed E-state index contributed by atoms with van der Waals surface area (Å²) < 4.78 is 79.2. The van der Waals surface area contributed by atoms with Gasteiger partial charge in [-0.05, 0) is 214 Å². The van der Waals surface area contributed by atoms with Crippen LogP contribution in [0.1, 0.15) is 182 Å². The Bertz CT molecular complexity index is 2340. The van der Waals surface area contributed by atoms with Crippen molar-refractivity contribution in [1.82, 2.24) is 0 Å². The molecular weight excluding hydrogens is 1540 g/mol. The van der Waals surface area contributed by atoms with Gasteiger partial charge >= 0.3 is 68.5 Å². The van der Waals surface area contributed by atoms with Gasteiger partial charge in [-0.2, -0.15) is 0 Å². The largest absolute Gasteiger partial charge is 0.437 e. The quantitative estimate of drug-likeness (QED) is 0.0427. The topological polar surface area (TPSA) is 111 Å². The molecule has 0 aliphatic rings. The van der Waals surface area contributed by atoms with Gasteiger partial charge in [-0.1, -0.05) is 222 Å². The summed E-state index contributed by atoms with van der Waals surface area (Å²) in [4.78, 5) is 0. The van der Waals surface area contributed by atoms with Crippen LogP contribution in [0, 0.1) is 0 Å². The molecule has 0 amide bonds. The summed E-state index contributed by atoms with van der Waals surface area (Å²) in [6.45, 7) is 100. The van der Waals surface area contributed by atoms with Crippen molar-refractivity contribution in [2.75, 3.05) is 0 Å². The summed E-state index contributed by atoms with van der Waals surface area (Å²) in [5.41, 5.74) is 14.0. The van der Waals surface area contributed by atoms with Crippen molar-refractivity contribution < 1.29 is 49.4 Å². The lowest BCUT2D eigenvalue weighted by molar-refractivity contribution is 0.321. The first kappa shape index (κ1) is 111. The highest BCUT2D eigenvalue weighted by atomic mass is 28.5. The van der Waals surface area contributed by atoms with Gasteiger partial charge in [0.1, 0.15) is 0 Å². The van der Waals surface area contributed by atoms with E-state index >= 15 is 0 Å². The summed E-state index contributed by atoms with van der Waals surface area (Å²) in [5, 5.41) is 0. The van der Waals surface area contributed by atoms with Gasteiger partial charge in [0.2, 0.25) is 0 Å². The lowest BCUT2D eigenvalue weighted by Crippen LogP contribution is -2.57. The summed E-state index contributed by atoms with van der Waals surface area (Å²) in [6, 6.07) is 4.17. The fraction of sp³-hybridized carbons (Fsp3) is 0.813. The molecule has 0 heterocycles. The van der Waals surface area contributed by atoms with Crippen LogP contribution in [0.2, 0.25) is 214 Å². The second-order valence-electron chi connectivity index (χ2n) is 36.2. The number of hydrogen-bond acceptors (Lipinski definition) is 12. The molecule has 4 unspecified atom stereocenters. The van der Waals surface area contributed by atoms with E-state index in [2.05, 4.69) is 264 Å². The Morgan fingerprint density at radius 1 is 0.175 bits per heavy atom. The highest BCUT2D eigenvalue weighted by Crippen LogP contribution is 2.34. The molecule has 0 rings (SSSR count). The molecule has 12 nitrogen and oxygen atoms in total. The number of hydrogen-bond donors (Lipinski definition) is 0. The Labute approximate surface area is 660 Å². The molecule has 0 N–H and O–H groups in total. The molecule has 0 aromatic carbocycles. The normalized spacial score (nSPS) is 15.6. The van der Waals surface area contributed by atoms with Gasteiger partial charge in [0, 0.05) is 0 Å². The van der Waals surface area contributed by atoms with Gasteiger partial charge in [0.25, 0.3) is 0 Å². The molecule has 28 heteroatoms. The van der Waals surface area contributed by atoms with Crippen molar-refractivity contribution in [1.29, 1.82) is 0 Å². The smallest absolute Gasteiger partial charge is 0.316 e. The van der Waals surface area contributed by atoms with Crippen molar-refractivity contribution in [2.24, 2.45) is 0 Å². The zero-order valence-corrected chi connectivity index (χ0v) is 90.7. The third-order valence-corrected chi connectivity index (χ3v) is 75.9. The van der Waals surface area contributed by atoms with Gasteiger partial charge in [0.15, 0.2) is 66.5 Å². The minimum atomic E-state index is -2.33. The van der Waals surface area contributed by atoms with Gasteiger partial charge in [-0.3, -0.25) is 0 Å². The van der Waals surface area contributed by atoms with E-state index in [0.29, 0.717) is 0 Å². The molecule has 0 bridgehead atoms. The van der Waals surface area contributed by atoms with Crippen molar-refractivity contribution in [3.8, 4) is 0 Å². The molecular formula is C75H176O12Si16. The summed E-state index contributed by atoms with van der Waals surface area (Å²) >= 11 is 0. The average molecular weight is 1720 g/mol. The summed E-state index contributed by atoms with van der Waals surface area (Å²) in [7, 11) is -32.9. The predicted molar refractivity (Wildman–Crippen MR) is 499 cm³/mol. The zero-order chi connectivity index (χ0) is 81.2. The predicted octanol–water partition coefficient (Wildman–Crippen LogP) is 28.0. The third-order valence-electron chi connectivity index (χ3n) is 17.2. The Morgan fingerprint density at radius 2 is 0.320 bits per heavy atom. The van der Waals surface area contributed by atoms with E-state index in [1.54, 1.807) is 0 Å². The molecule has 0 spiro atoms. The molecule has 0 aliphatic carbocycles. The molecule has 0 aromatic heterocycles. The Hall–Kier alpha value is 1.17. The number of unbranched alkanes of at least 4 members (excludes halogenated alkanes) is 20. The minimum absolute atomic E-state index is 1.02. The Balaban J connectivity index is -0.000000638. The second-order valence-corrected chi connectivity index (χ2v) is 97.8. The first-order valence-electron chi connectivity index (χ1n) is 40.5. The van der Waals surface area contributed by atoms with E-state index in [9.17, 15) is 0 Å². The van der Waals surface area contributed by atoms with Crippen LogP contribution in [0.15, 0.2) is 85.9 Å². The van der Waals surface area contributed by atoms with E-state index < -0.39 is 135 Å². The van der Waals surface area contributed by atoms with Crippen LogP contribution in [0.5, 0.6) is 0 Å². The van der Waals surface area contributed by atoms with Crippen molar-refractivity contribution in [3.63, 3.8) is 0 Å². The molecule has 0 aliphatic heterocycles. The second kappa shape index (κ2) is 51.8. The van der Waals surface area contributed by atoms with Crippen molar-refractivity contribution >= 4 is 135 Å². The van der Waals surface area contributed by atoms with E-state index in [0.717, 1.165) is 37.0 Å². The lowest BCUT2D eigenvalue weighted by Gasteiger charge is -2.41. The van der Waals surface area contributed by atoms with E-state index in [-0.39, 0.29) is 0 Å². The SMILES string of the molecule is C=C[Si](C)(C)O[Si](C)(C)O[Si](C)(CCCC)O[Si](C)(C)C=C.C=C[Si](C)(C)O[Si](C)(C)O[Si](C)(CCCCCCCC)O[Si](C)(C)C=C.C=C[Si](C)(C)O[Si](C)(C)O[Si](C)(CCCCCCCCCCCC)O[Si](C)(C)C=C.C=C[Si](C)(C)O[Si](C)(CCCCCCCC)O[Si](C)(C)O[Si](C)(C)C. The van der Waals surface area contributed by atoms with Gasteiger partial charge in [-0.15, -0.1) is 46.1 Å². The van der Waals surface area contributed by atoms with Crippen LogP contribution in [-0.2, 0) is 49.4 Å². The Morgan fingerprint density at radius 3 is 0.485 bits per heavy atom. The highest BCUT2D eigenvalue weighted by molar-refractivity contribution is 6.95. The van der Waals surface area contributed by atoms with Crippen LogP contribution in [-0.4, -0.2) is 135 Å². The van der Waals surface area contributed by atoms with Crippen LogP contribution >= 0.6 is 0 Å². The molecule has 0 aromatic rings. The maximum absolute atomic E-state index is 6.79. The van der Waals surface area contributed by atoms with Crippen LogP contribution in [0.3, 0.4) is 0 Å². The fourth-order valence-electron chi connectivity index (χ4n) is 12.7. The standard InChI is InChI=1S/C23H52O3Si4.C19H44O3Si4.C18H44O3Si4.C15H36O3Si4/c1-11-14-15-16-17-18-19-20-21-22-23-30(10,25-28(6,7)13-3)26-29(8,9)24-27(4,5)12-2;1-11-14-15-16-17-18-19-26(10,21-24(6,7)13-3)22-25(8,9)20-23(4,5)12-2;1-11-13-14-15-16-17-18-25(10,20-23(6,7)12-2)21-24(8,9)19-22(3,4)5;1-11-14-15-22(10,17-20(6,7)13-3)18-21(8,9)16-19(4,5)12-2/h12-13H,2-3,11,14-23H2,1,4-10H3;12-13H,2-3,11,14-19H2,1,4-10H3;12H,2,11,13-18H2,1,3-10H3;12-13H,2-3,11,14-15H2,1,4-10H3. The maximum atomic E-state index is 6.79. The van der Waals surface area contributed by atoms with E-state index in [4.69, 9.17) is 49.4 Å². The fourth-order valence-corrected chi connectivity index (χ4v) is 81.8. The lowest BCUT2D eigenvalue weighted by atomic mass is 10.1. The van der Waals surface area contributed by atoms with Gasteiger partial charge in [-0.25, -0.2) is 0 Å². The molecule has 103 heavy (non-hydrogen) atoms. The average Bonchev–Trinajstić information content (AvgIpc) is 0.835. The van der Waals surface area contributed by atoms with Crippen molar-refractivity contribution in [3.05, 3.63) is 85.9 Å².